The second-order valence-electron chi connectivity index (χ2n) is 7.96. The molecule has 2 aromatic carbocycles. The van der Waals surface area contributed by atoms with Crippen molar-refractivity contribution >= 4 is 17.5 Å². The fourth-order valence-corrected chi connectivity index (χ4v) is 3.80. The first-order valence-corrected chi connectivity index (χ1v) is 10.1. The molecule has 1 aromatic heterocycles. The predicted molar refractivity (Wildman–Crippen MR) is 115 cm³/mol. The molecule has 0 saturated carbocycles. The summed E-state index contributed by atoms with van der Waals surface area (Å²) in [5, 5.41) is 8.43. The summed E-state index contributed by atoms with van der Waals surface area (Å²) in [5.41, 5.74) is 3.98. The molecule has 156 valence electrons. The summed E-state index contributed by atoms with van der Waals surface area (Å²) in [5.74, 6) is 1.35. The zero-order chi connectivity index (χ0) is 21.5. The second-order valence-corrected chi connectivity index (χ2v) is 8.39. The molecule has 0 radical (unpaired) electrons. The molecule has 0 aliphatic carbocycles. The van der Waals surface area contributed by atoms with Crippen LogP contribution >= 0.6 is 11.6 Å². The lowest BCUT2D eigenvalue weighted by atomic mass is 9.93. The Morgan fingerprint density at radius 3 is 2.57 bits per heavy atom. The number of amides is 1. The Morgan fingerprint density at radius 2 is 1.83 bits per heavy atom. The molecule has 2 heterocycles. The molecule has 1 aliphatic heterocycles. The highest BCUT2D eigenvalue weighted by atomic mass is 35.5. The number of carbonyl (C=O) groups excluding carboxylic acids is 1. The monoisotopic (exact) mass is 425 g/mol. The van der Waals surface area contributed by atoms with Crippen molar-refractivity contribution in [2.24, 2.45) is 0 Å². The molecule has 6 nitrogen and oxygen atoms in total. The number of carbonyl (C=O) groups is 1. The lowest BCUT2D eigenvalue weighted by Crippen LogP contribution is -2.41. The maximum Gasteiger partial charge on any atom is 0.231 e. The molecule has 1 amide bonds. The quantitative estimate of drug-likeness (QED) is 0.655. The normalized spacial score (nSPS) is 12.8. The standard InChI is InChI=1S/C23H24ClN3O3/c1-14-19(15(2)27(26-14)18-8-6-17(24)7-9-18)12-22(28)25-23(3,4)16-5-10-20-21(11-16)30-13-29-20/h5-11H,12-13H2,1-4H3,(H,25,28). The van der Waals surface area contributed by atoms with Crippen LogP contribution in [0, 0.1) is 13.8 Å². The van der Waals surface area contributed by atoms with Gasteiger partial charge in [0.15, 0.2) is 11.5 Å². The van der Waals surface area contributed by atoms with Gasteiger partial charge in [-0.05, 0) is 69.7 Å². The molecular formula is C23H24ClN3O3. The highest BCUT2D eigenvalue weighted by Gasteiger charge is 2.26. The van der Waals surface area contributed by atoms with Gasteiger partial charge in [-0.15, -0.1) is 0 Å². The van der Waals surface area contributed by atoms with Gasteiger partial charge in [0.1, 0.15) is 0 Å². The zero-order valence-corrected chi connectivity index (χ0v) is 18.2. The third kappa shape index (κ3) is 3.87. The number of halogens is 1. The van der Waals surface area contributed by atoms with Gasteiger partial charge in [-0.3, -0.25) is 4.79 Å². The molecule has 0 atom stereocenters. The molecule has 3 aromatic rings. The van der Waals surface area contributed by atoms with E-state index in [1.54, 1.807) is 0 Å². The van der Waals surface area contributed by atoms with E-state index in [9.17, 15) is 4.79 Å². The van der Waals surface area contributed by atoms with E-state index in [0.29, 0.717) is 10.8 Å². The first kappa shape index (κ1) is 20.3. The Labute approximate surface area is 180 Å². The van der Waals surface area contributed by atoms with Crippen LogP contribution in [0.5, 0.6) is 11.5 Å². The van der Waals surface area contributed by atoms with Gasteiger partial charge >= 0.3 is 0 Å². The highest BCUT2D eigenvalue weighted by molar-refractivity contribution is 6.30. The number of hydrogen-bond donors (Lipinski definition) is 1. The van der Waals surface area contributed by atoms with Crippen LogP contribution in [-0.4, -0.2) is 22.5 Å². The van der Waals surface area contributed by atoms with Gasteiger partial charge in [0.2, 0.25) is 12.7 Å². The number of ether oxygens (including phenoxy) is 2. The van der Waals surface area contributed by atoms with Crippen molar-refractivity contribution in [3.63, 3.8) is 0 Å². The van der Waals surface area contributed by atoms with E-state index in [2.05, 4.69) is 10.4 Å². The molecule has 0 fully saturated rings. The lowest BCUT2D eigenvalue weighted by Gasteiger charge is -2.27. The van der Waals surface area contributed by atoms with Crippen LogP contribution in [0.4, 0.5) is 0 Å². The number of rotatable bonds is 5. The van der Waals surface area contributed by atoms with E-state index < -0.39 is 5.54 Å². The largest absolute Gasteiger partial charge is 0.454 e. The summed E-state index contributed by atoms with van der Waals surface area (Å²) in [6, 6.07) is 13.2. The Hall–Kier alpha value is -2.99. The van der Waals surface area contributed by atoms with Crippen molar-refractivity contribution in [2.45, 2.75) is 39.7 Å². The molecule has 0 unspecified atom stereocenters. The topological polar surface area (TPSA) is 65.4 Å². The van der Waals surface area contributed by atoms with Crippen molar-refractivity contribution in [1.29, 1.82) is 0 Å². The second kappa shape index (κ2) is 7.69. The number of nitrogens with zero attached hydrogens (tertiary/aromatic N) is 2. The van der Waals surface area contributed by atoms with Crippen LogP contribution in [0.1, 0.15) is 36.4 Å². The average Bonchev–Trinajstić information content (AvgIpc) is 3.27. The molecule has 0 spiro atoms. The fourth-order valence-electron chi connectivity index (χ4n) is 3.68. The number of aryl methyl sites for hydroxylation is 1. The lowest BCUT2D eigenvalue weighted by molar-refractivity contribution is -0.122. The van der Waals surface area contributed by atoms with Gasteiger partial charge in [-0.2, -0.15) is 5.10 Å². The van der Waals surface area contributed by atoms with Crippen LogP contribution in [-0.2, 0) is 16.8 Å². The Balaban J connectivity index is 1.52. The van der Waals surface area contributed by atoms with E-state index in [1.807, 2.05) is 74.8 Å². The minimum atomic E-state index is -0.563. The Bertz CT molecular complexity index is 1100. The maximum absolute atomic E-state index is 12.9. The smallest absolute Gasteiger partial charge is 0.231 e. The van der Waals surface area contributed by atoms with E-state index in [4.69, 9.17) is 21.1 Å². The van der Waals surface area contributed by atoms with Crippen molar-refractivity contribution < 1.29 is 14.3 Å². The summed E-state index contributed by atoms with van der Waals surface area (Å²) >= 11 is 5.99. The molecule has 30 heavy (non-hydrogen) atoms. The summed E-state index contributed by atoms with van der Waals surface area (Å²) in [4.78, 5) is 12.9. The number of aromatic nitrogens is 2. The zero-order valence-electron chi connectivity index (χ0n) is 17.5. The third-order valence-electron chi connectivity index (χ3n) is 5.40. The number of hydrogen-bond acceptors (Lipinski definition) is 4. The van der Waals surface area contributed by atoms with Gasteiger partial charge in [-0.1, -0.05) is 17.7 Å². The van der Waals surface area contributed by atoms with E-state index in [-0.39, 0.29) is 19.1 Å². The number of fused-ring (bicyclic) bond motifs is 1. The predicted octanol–water partition coefficient (Wildman–Crippen LogP) is 4.47. The van der Waals surface area contributed by atoms with Gasteiger partial charge in [0, 0.05) is 16.3 Å². The van der Waals surface area contributed by atoms with Crippen LogP contribution < -0.4 is 14.8 Å². The van der Waals surface area contributed by atoms with Crippen LogP contribution in [0.2, 0.25) is 5.02 Å². The van der Waals surface area contributed by atoms with Crippen molar-refractivity contribution in [3.05, 3.63) is 70.0 Å². The SMILES string of the molecule is Cc1nn(-c2ccc(Cl)cc2)c(C)c1CC(=O)NC(C)(C)c1ccc2c(c1)OCO2. The van der Waals surface area contributed by atoms with E-state index in [1.165, 1.54) is 0 Å². The summed E-state index contributed by atoms with van der Waals surface area (Å²) in [6.45, 7) is 8.06. The van der Waals surface area contributed by atoms with E-state index in [0.717, 1.165) is 34.0 Å². The fraction of sp³-hybridized carbons (Fsp3) is 0.304. The molecule has 7 heteroatoms. The van der Waals surface area contributed by atoms with Crippen molar-refractivity contribution in [2.75, 3.05) is 6.79 Å². The molecule has 1 N–H and O–H groups in total. The Kier molecular flexibility index (Phi) is 5.20. The third-order valence-corrected chi connectivity index (χ3v) is 5.65. The molecule has 1 aliphatic rings. The first-order chi connectivity index (χ1) is 14.2. The first-order valence-electron chi connectivity index (χ1n) is 9.77. The van der Waals surface area contributed by atoms with Crippen molar-refractivity contribution in [3.8, 4) is 17.2 Å². The van der Waals surface area contributed by atoms with Crippen LogP contribution in [0.25, 0.3) is 5.69 Å². The maximum atomic E-state index is 12.9. The van der Waals surface area contributed by atoms with Gasteiger partial charge < -0.3 is 14.8 Å². The minimum absolute atomic E-state index is 0.0699. The van der Waals surface area contributed by atoms with Gasteiger partial charge in [-0.25, -0.2) is 4.68 Å². The summed E-state index contributed by atoms with van der Waals surface area (Å²) in [6.07, 6.45) is 0.249. The van der Waals surface area contributed by atoms with Gasteiger partial charge in [0.05, 0.1) is 23.3 Å². The molecule has 0 saturated heterocycles. The van der Waals surface area contributed by atoms with Gasteiger partial charge in [0.25, 0.3) is 0 Å². The van der Waals surface area contributed by atoms with Crippen LogP contribution in [0.3, 0.4) is 0 Å². The summed E-state index contributed by atoms with van der Waals surface area (Å²) in [7, 11) is 0. The minimum Gasteiger partial charge on any atom is -0.454 e. The molecular weight excluding hydrogens is 402 g/mol. The number of benzene rings is 2. The van der Waals surface area contributed by atoms with Crippen LogP contribution in [0.15, 0.2) is 42.5 Å². The number of nitrogens with one attached hydrogen (secondary N) is 1. The molecule has 4 rings (SSSR count). The summed E-state index contributed by atoms with van der Waals surface area (Å²) < 4.78 is 12.7. The Morgan fingerprint density at radius 1 is 1.13 bits per heavy atom. The van der Waals surface area contributed by atoms with E-state index >= 15 is 0 Å². The average molecular weight is 426 g/mol. The highest BCUT2D eigenvalue weighted by Crippen LogP contribution is 2.35. The molecule has 0 bridgehead atoms. The van der Waals surface area contributed by atoms with Crippen molar-refractivity contribution in [1.82, 2.24) is 15.1 Å².